The molecule has 1 aliphatic rings. The van der Waals surface area contributed by atoms with Gasteiger partial charge in [-0.15, -0.1) is 0 Å². The van der Waals surface area contributed by atoms with E-state index in [2.05, 4.69) is 0 Å². The summed E-state index contributed by atoms with van der Waals surface area (Å²) in [7, 11) is 0. The number of carbonyl (C=O) groups is 1. The fourth-order valence-corrected chi connectivity index (χ4v) is 0.696. The van der Waals surface area contributed by atoms with Gasteiger partial charge in [0.2, 0.25) is 5.91 Å². The van der Waals surface area contributed by atoms with E-state index in [-0.39, 0.29) is 5.91 Å². The van der Waals surface area contributed by atoms with Crippen LogP contribution >= 0.6 is 0 Å². The number of hydrogen-bond acceptors (Lipinski definition) is 2. The van der Waals surface area contributed by atoms with Crippen LogP contribution in [0.25, 0.3) is 0 Å². The SMILES string of the molecule is CC(C)(C#N)C(=O)N1CC1. The van der Waals surface area contributed by atoms with E-state index < -0.39 is 5.41 Å². The van der Waals surface area contributed by atoms with Gasteiger partial charge in [0.25, 0.3) is 0 Å². The quantitative estimate of drug-likeness (QED) is 0.491. The van der Waals surface area contributed by atoms with E-state index in [0.29, 0.717) is 0 Å². The van der Waals surface area contributed by atoms with Crippen molar-refractivity contribution in [1.29, 1.82) is 5.26 Å². The molecule has 0 N–H and O–H groups in total. The van der Waals surface area contributed by atoms with Gasteiger partial charge < -0.3 is 4.90 Å². The summed E-state index contributed by atoms with van der Waals surface area (Å²) in [6.45, 7) is 4.94. The van der Waals surface area contributed by atoms with Crippen molar-refractivity contribution in [2.24, 2.45) is 5.41 Å². The van der Waals surface area contributed by atoms with Gasteiger partial charge in [0, 0.05) is 13.1 Å². The molecule has 54 valence electrons. The van der Waals surface area contributed by atoms with Gasteiger partial charge in [-0.05, 0) is 13.8 Å². The molecule has 0 bridgehead atoms. The Bertz CT molecular complexity index is 198. The molecule has 1 saturated heterocycles. The first-order valence-electron chi connectivity index (χ1n) is 3.28. The van der Waals surface area contributed by atoms with Crippen LogP contribution in [0.1, 0.15) is 13.8 Å². The molecule has 1 fully saturated rings. The van der Waals surface area contributed by atoms with Crippen LogP contribution in [0.4, 0.5) is 0 Å². The number of carbonyl (C=O) groups excluding carboxylic acids is 1. The summed E-state index contributed by atoms with van der Waals surface area (Å²) in [5.74, 6) is -0.0463. The summed E-state index contributed by atoms with van der Waals surface area (Å²) in [4.78, 5) is 12.8. The third kappa shape index (κ3) is 1.10. The highest BCUT2D eigenvalue weighted by atomic mass is 16.2. The Morgan fingerprint density at radius 3 is 2.40 bits per heavy atom. The normalized spacial score (nSPS) is 16.3. The second-order valence-electron chi connectivity index (χ2n) is 3.03. The first kappa shape index (κ1) is 7.07. The molecule has 10 heavy (non-hydrogen) atoms. The number of nitriles is 1. The first-order chi connectivity index (χ1) is 4.58. The Morgan fingerprint density at radius 1 is 1.60 bits per heavy atom. The number of hydrogen-bond donors (Lipinski definition) is 0. The lowest BCUT2D eigenvalue weighted by Crippen LogP contribution is -2.28. The van der Waals surface area contributed by atoms with Gasteiger partial charge >= 0.3 is 0 Å². The molecule has 0 aromatic rings. The van der Waals surface area contributed by atoms with Crippen LogP contribution in [-0.2, 0) is 4.79 Å². The Morgan fingerprint density at radius 2 is 2.10 bits per heavy atom. The minimum Gasteiger partial charge on any atom is -0.338 e. The maximum Gasteiger partial charge on any atom is 0.242 e. The molecule has 0 aromatic heterocycles. The maximum absolute atomic E-state index is 11.2. The molecule has 3 heteroatoms. The van der Waals surface area contributed by atoms with Crippen molar-refractivity contribution in [2.75, 3.05) is 13.1 Å². The van der Waals surface area contributed by atoms with Gasteiger partial charge in [-0.1, -0.05) is 0 Å². The van der Waals surface area contributed by atoms with Crippen molar-refractivity contribution < 1.29 is 4.79 Å². The standard InChI is InChI=1S/C7H10N2O/c1-7(2,5-8)6(10)9-3-4-9/h3-4H2,1-2H3. The molecule has 0 aromatic carbocycles. The first-order valence-corrected chi connectivity index (χ1v) is 3.28. The molecule has 1 rings (SSSR count). The second kappa shape index (κ2) is 1.98. The van der Waals surface area contributed by atoms with Crippen molar-refractivity contribution in [3.05, 3.63) is 0 Å². The van der Waals surface area contributed by atoms with E-state index in [1.807, 2.05) is 6.07 Å². The predicted molar refractivity (Wildman–Crippen MR) is 36.0 cm³/mol. The van der Waals surface area contributed by atoms with Gasteiger partial charge in [0.15, 0.2) is 0 Å². The second-order valence-corrected chi connectivity index (χ2v) is 3.03. The number of nitrogens with zero attached hydrogens (tertiary/aromatic N) is 2. The Hall–Kier alpha value is -1.04. The smallest absolute Gasteiger partial charge is 0.242 e. The van der Waals surface area contributed by atoms with Gasteiger partial charge in [-0.3, -0.25) is 4.79 Å². The van der Waals surface area contributed by atoms with Crippen molar-refractivity contribution in [1.82, 2.24) is 4.90 Å². The molecule has 1 amide bonds. The van der Waals surface area contributed by atoms with Crippen molar-refractivity contribution in [3.63, 3.8) is 0 Å². The van der Waals surface area contributed by atoms with Gasteiger partial charge in [-0.2, -0.15) is 5.26 Å². The van der Waals surface area contributed by atoms with Crippen LogP contribution < -0.4 is 0 Å². The molecule has 3 nitrogen and oxygen atoms in total. The minimum atomic E-state index is -0.823. The molecule has 0 radical (unpaired) electrons. The summed E-state index contributed by atoms with van der Waals surface area (Å²) in [6, 6.07) is 1.97. The highest BCUT2D eigenvalue weighted by molar-refractivity contribution is 5.86. The van der Waals surface area contributed by atoms with Crippen LogP contribution in [0.15, 0.2) is 0 Å². The molecular formula is C7H10N2O. The third-order valence-corrected chi connectivity index (χ3v) is 1.55. The lowest BCUT2D eigenvalue weighted by Gasteiger charge is -2.13. The van der Waals surface area contributed by atoms with E-state index in [1.165, 1.54) is 0 Å². The average Bonchev–Trinajstić information content (AvgIpc) is 2.68. The summed E-state index contributed by atoms with van der Waals surface area (Å²) >= 11 is 0. The van der Waals surface area contributed by atoms with Gasteiger partial charge in [0.1, 0.15) is 5.41 Å². The number of amides is 1. The summed E-state index contributed by atoms with van der Waals surface area (Å²) < 4.78 is 0. The molecule has 0 atom stereocenters. The summed E-state index contributed by atoms with van der Waals surface area (Å²) in [5, 5.41) is 8.54. The summed E-state index contributed by atoms with van der Waals surface area (Å²) in [5.41, 5.74) is -0.823. The van der Waals surface area contributed by atoms with Crippen molar-refractivity contribution in [3.8, 4) is 6.07 Å². The monoisotopic (exact) mass is 138 g/mol. The highest BCUT2D eigenvalue weighted by Crippen LogP contribution is 2.21. The number of rotatable bonds is 1. The lowest BCUT2D eigenvalue weighted by molar-refractivity contribution is -0.131. The largest absolute Gasteiger partial charge is 0.338 e. The van der Waals surface area contributed by atoms with Gasteiger partial charge in [0.05, 0.1) is 6.07 Å². The minimum absolute atomic E-state index is 0.0463. The Labute approximate surface area is 60.2 Å². The Kier molecular flexibility index (Phi) is 1.40. The fraction of sp³-hybridized carbons (Fsp3) is 0.714. The van der Waals surface area contributed by atoms with Crippen LogP contribution in [0, 0.1) is 16.7 Å². The molecule has 1 heterocycles. The highest BCUT2D eigenvalue weighted by Gasteiger charge is 2.36. The van der Waals surface area contributed by atoms with Crippen LogP contribution in [0.5, 0.6) is 0 Å². The molecule has 1 aliphatic heterocycles. The van der Waals surface area contributed by atoms with E-state index in [9.17, 15) is 4.79 Å². The van der Waals surface area contributed by atoms with Crippen molar-refractivity contribution >= 4 is 5.91 Å². The molecule has 0 spiro atoms. The van der Waals surface area contributed by atoms with Crippen LogP contribution in [0.3, 0.4) is 0 Å². The molecule has 0 aliphatic carbocycles. The Balaban J connectivity index is 2.64. The molecule has 0 unspecified atom stereocenters. The topological polar surface area (TPSA) is 43.9 Å². The third-order valence-electron chi connectivity index (χ3n) is 1.55. The van der Waals surface area contributed by atoms with Crippen LogP contribution in [0.2, 0.25) is 0 Å². The molecule has 0 saturated carbocycles. The fourth-order valence-electron chi connectivity index (χ4n) is 0.696. The average molecular weight is 138 g/mol. The van der Waals surface area contributed by atoms with E-state index in [1.54, 1.807) is 18.7 Å². The summed E-state index contributed by atoms with van der Waals surface area (Å²) in [6.07, 6.45) is 0. The van der Waals surface area contributed by atoms with Crippen LogP contribution in [-0.4, -0.2) is 23.9 Å². The molecular weight excluding hydrogens is 128 g/mol. The predicted octanol–water partition coefficient (Wildman–Crippen LogP) is 0.378. The maximum atomic E-state index is 11.2. The zero-order valence-corrected chi connectivity index (χ0v) is 6.22. The van der Waals surface area contributed by atoms with E-state index >= 15 is 0 Å². The lowest BCUT2D eigenvalue weighted by atomic mass is 9.95. The van der Waals surface area contributed by atoms with Gasteiger partial charge in [-0.25, -0.2) is 0 Å². The van der Waals surface area contributed by atoms with Crippen molar-refractivity contribution in [2.45, 2.75) is 13.8 Å². The zero-order chi connectivity index (χ0) is 7.78. The zero-order valence-electron chi connectivity index (χ0n) is 6.22. The van der Waals surface area contributed by atoms with E-state index in [0.717, 1.165) is 13.1 Å². The van der Waals surface area contributed by atoms with E-state index in [4.69, 9.17) is 5.26 Å².